The molecule has 2 fully saturated rings. The molecule has 0 atom stereocenters. The van der Waals surface area contributed by atoms with Crippen LogP contribution < -0.4 is 0 Å². The lowest BCUT2D eigenvalue weighted by Crippen LogP contribution is -2.45. The molecule has 1 aliphatic heterocycles. The van der Waals surface area contributed by atoms with Crippen LogP contribution >= 0.6 is 0 Å². The van der Waals surface area contributed by atoms with Gasteiger partial charge in [0, 0.05) is 13.1 Å². The monoisotopic (exact) mass is 394 g/mol. The lowest BCUT2D eigenvalue weighted by Gasteiger charge is -2.36. The molecule has 1 saturated carbocycles. The van der Waals surface area contributed by atoms with Gasteiger partial charge in [0.25, 0.3) is 0 Å². The molecule has 0 spiro atoms. The van der Waals surface area contributed by atoms with Crippen LogP contribution in [0.5, 0.6) is 0 Å². The van der Waals surface area contributed by atoms with E-state index in [9.17, 15) is 13.2 Å². The summed E-state index contributed by atoms with van der Waals surface area (Å²) in [6.07, 6.45) is 4.35. The van der Waals surface area contributed by atoms with E-state index in [1.807, 2.05) is 0 Å². The number of methoxy groups -OCH3 is 1. The van der Waals surface area contributed by atoms with Crippen molar-refractivity contribution in [3.8, 4) is 0 Å². The molecule has 2 aliphatic rings. The molecule has 1 heterocycles. The summed E-state index contributed by atoms with van der Waals surface area (Å²) in [6, 6.07) is 6.79. The fraction of sp³-hybridized carbons (Fsp3) is 0.650. The van der Waals surface area contributed by atoms with E-state index in [-0.39, 0.29) is 16.9 Å². The summed E-state index contributed by atoms with van der Waals surface area (Å²) in [7, 11) is -0.466. The minimum atomic E-state index is -3.54. The van der Waals surface area contributed by atoms with Gasteiger partial charge >= 0.3 is 5.97 Å². The summed E-state index contributed by atoms with van der Waals surface area (Å²) in [5.74, 6) is -0.242. The molecule has 6 nitrogen and oxygen atoms in total. The Labute approximate surface area is 162 Å². The maximum Gasteiger partial charge on any atom is 0.316 e. The molecule has 3 rings (SSSR count). The number of likely N-dealkylation sites (tertiary alicyclic amines) is 1. The van der Waals surface area contributed by atoms with Gasteiger partial charge in [0.05, 0.1) is 17.4 Å². The van der Waals surface area contributed by atoms with Crippen molar-refractivity contribution in [2.75, 3.05) is 33.8 Å². The van der Waals surface area contributed by atoms with E-state index < -0.39 is 15.4 Å². The number of ether oxygens (including phenoxy) is 1. The molecule has 0 aromatic heterocycles. The van der Waals surface area contributed by atoms with Gasteiger partial charge in [0.15, 0.2) is 0 Å². The highest BCUT2D eigenvalue weighted by Crippen LogP contribution is 2.49. The summed E-state index contributed by atoms with van der Waals surface area (Å²) in [5.41, 5.74) is 0.263. The largest absolute Gasteiger partial charge is 0.468 e. The van der Waals surface area contributed by atoms with E-state index in [0.29, 0.717) is 0 Å². The van der Waals surface area contributed by atoms with Crippen molar-refractivity contribution in [1.82, 2.24) is 9.21 Å². The number of carbonyl (C=O) groups excluding carboxylic acids is 1. The predicted octanol–water partition coefficient (Wildman–Crippen LogP) is 2.39. The third kappa shape index (κ3) is 3.91. The van der Waals surface area contributed by atoms with Crippen LogP contribution in [0.3, 0.4) is 0 Å². The minimum absolute atomic E-state index is 0.0348. The van der Waals surface area contributed by atoms with Gasteiger partial charge in [0.2, 0.25) is 10.0 Å². The second kappa shape index (κ2) is 7.89. The first-order valence-corrected chi connectivity index (χ1v) is 11.2. The van der Waals surface area contributed by atoms with Crippen LogP contribution in [-0.2, 0) is 25.0 Å². The molecular weight excluding hydrogens is 364 g/mol. The number of benzene rings is 1. The highest BCUT2D eigenvalue weighted by Gasteiger charge is 2.52. The zero-order chi connectivity index (χ0) is 19.7. The van der Waals surface area contributed by atoms with Crippen molar-refractivity contribution in [2.45, 2.75) is 55.4 Å². The number of rotatable bonds is 7. The van der Waals surface area contributed by atoms with Gasteiger partial charge < -0.3 is 9.64 Å². The van der Waals surface area contributed by atoms with E-state index in [2.05, 4.69) is 11.8 Å². The molecule has 150 valence electrons. The SMILES string of the molecule is CCCN1CCC(N(C)S(=O)(=O)c2ccc(C3(C(=O)OC)CC3)cc2)CC1. The molecule has 0 bridgehead atoms. The van der Waals surface area contributed by atoms with Gasteiger partial charge in [0.1, 0.15) is 0 Å². The van der Waals surface area contributed by atoms with Gasteiger partial charge in [-0.3, -0.25) is 4.79 Å². The summed E-state index contributed by atoms with van der Waals surface area (Å²) in [4.78, 5) is 14.7. The summed E-state index contributed by atoms with van der Waals surface area (Å²) in [6.45, 7) is 5.13. The first-order valence-electron chi connectivity index (χ1n) is 9.74. The summed E-state index contributed by atoms with van der Waals surface area (Å²) in [5, 5.41) is 0. The highest BCUT2D eigenvalue weighted by atomic mass is 32.2. The molecule has 1 aromatic rings. The van der Waals surface area contributed by atoms with E-state index in [1.165, 1.54) is 11.4 Å². The van der Waals surface area contributed by atoms with Gasteiger partial charge in [-0.1, -0.05) is 19.1 Å². The molecular formula is C20H30N2O4S. The molecule has 0 unspecified atom stereocenters. The van der Waals surface area contributed by atoms with Crippen molar-refractivity contribution in [2.24, 2.45) is 0 Å². The van der Waals surface area contributed by atoms with Gasteiger partial charge in [-0.2, -0.15) is 4.31 Å². The van der Waals surface area contributed by atoms with Crippen molar-refractivity contribution in [3.63, 3.8) is 0 Å². The fourth-order valence-corrected chi connectivity index (χ4v) is 5.48. The van der Waals surface area contributed by atoms with Crippen LogP contribution in [0, 0.1) is 0 Å². The van der Waals surface area contributed by atoms with Crippen molar-refractivity contribution in [3.05, 3.63) is 29.8 Å². The maximum atomic E-state index is 13.0. The first-order chi connectivity index (χ1) is 12.8. The molecule has 1 saturated heterocycles. The van der Waals surface area contributed by atoms with Crippen LogP contribution in [-0.4, -0.2) is 63.4 Å². The molecule has 1 aliphatic carbocycles. The standard InChI is InChI=1S/C20H30N2O4S/c1-4-13-22-14-9-17(10-15-22)21(2)27(24,25)18-7-5-16(6-8-18)20(11-12-20)19(23)26-3/h5-8,17H,4,9-15H2,1-3H3. The van der Waals surface area contributed by atoms with E-state index in [1.54, 1.807) is 31.3 Å². The summed E-state index contributed by atoms with van der Waals surface area (Å²) >= 11 is 0. The van der Waals surface area contributed by atoms with E-state index in [0.717, 1.165) is 57.3 Å². The lowest BCUT2D eigenvalue weighted by atomic mass is 9.96. The topological polar surface area (TPSA) is 66.9 Å². The van der Waals surface area contributed by atoms with Crippen LogP contribution in [0.25, 0.3) is 0 Å². The van der Waals surface area contributed by atoms with Gasteiger partial charge in [-0.15, -0.1) is 0 Å². The van der Waals surface area contributed by atoms with Crippen molar-refractivity contribution in [1.29, 1.82) is 0 Å². The third-order valence-corrected chi connectivity index (χ3v) is 7.95. The Balaban J connectivity index is 1.71. The average molecular weight is 395 g/mol. The van der Waals surface area contributed by atoms with Gasteiger partial charge in [-0.25, -0.2) is 8.42 Å². The number of sulfonamides is 1. The van der Waals surface area contributed by atoms with E-state index >= 15 is 0 Å². The Morgan fingerprint density at radius 3 is 2.30 bits per heavy atom. The molecule has 0 N–H and O–H groups in total. The van der Waals surface area contributed by atoms with Crippen LogP contribution in [0.15, 0.2) is 29.2 Å². The second-order valence-corrected chi connectivity index (χ2v) is 9.69. The average Bonchev–Trinajstić information content (AvgIpc) is 3.50. The van der Waals surface area contributed by atoms with Crippen LogP contribution in [0.4, 0.5) is 0 Å². The molecule has 0 amide bonds. The number of hydrogen-bond donors (Lipinski definition) is 0. The molecule has 0 radical (unpaired) electrons. The predicted molar refractivity (Wildman–Crippen MR) is 104 cm³/mol. The smallest absolute Gasteiger partial charge is 0.316 e. The Morgan fingerprint density at radius 2 is 1.81 bits per heavy atom. The zero-order valence-electron chi connectivity index (χ0n) is 16.5. The zero-order valence-corrected chi connectivity index (χ0v) is 17.3. The Morgan fingerprint density at radius 1 is 1.22 bits per heavy atom. The Bertz CT molecular complexity index is 764. The quantitative estimate of drug-likeness (QED) is 0.665. The second-order valence-electron chi connectivity index (χ2n) is 7.69. The number of hydrogen-bond acceptors (Lipinski definition) is 5. The minimum Gasteiger partial charge on any atom is -0.468 e. The summed E-state index contributed by atoms with van der Waals surface area (Å²) < 4.78 is 32.5. The maximum absolute atomic E-state index is 13.0. The lowest BCUT2D eigenvalue weighted by molar-refractivity contribution is -0.143. The van der Waals surface area contributed by atoms with Crippen LogP contribution in [0.1, 0.15) is 44.6 Å². The Kier molecular flexibility index (Phi) is 5.93. The Hall–Kier alpha value is -1.44. The number of carbonyl (C=O) groups is 1. The van der Waals surface area contributed by atoms with E-state index in [4.69, 9.17) is 4.74 Å². The van der Waals surface area contributed by atoms with Crippen molar-refractivity contribution >= 4 is 16.0 Å². The van der Waals surface area contributed by atoms with Crippen LogP contribution in [0.2, 0.25) is 0 Å². The third-order valence-electron chi connectivity index (χ3n) is 6.02. The molecule has 1 aromatic carbocycles. The first kappa shape index (κ1) is 20.3. The number of piperidine rings is 1. The number of nitrogens with zero attached hydrogens (tertiary/aromatic N) is 2. The number of esters is 1. The van der Waals surface area contributed by atoms with Gasteiger partial charge in [-0.05, 0) is 69.4 Å². The normalized spacial score (nSPS) is 20.6. The van der Waals surface area contributed by atoms with Crippen molar-refractivity contribution < 1.29 is 17.9 Å². The molecule has 27 heavy (non-hydrogen) atoms. The fourth-order valence-electron chi connectivity index (χ4n) is 4.06. The molecule has 7 heteroatoms. The highest BCUT2D eigenvalue weighted by molar-refractivity contribution is 7.89.